The molecule has 0 unspecified atom stereocenters. The molecule has 0 aromatic heterocycles. The highest BCUT2D eigenvalue weighted by Crippen LogP contribution is 2.21. The summed E-state index contributed by atoms with van der Waals surface area (Å²) in [4.78, 5) is 40.2. The summed E-state index contributed by atoms with van der Waals surface area (Å²) in [6.07, 6.45) is 0.574. The lowest BCUT2D eigenvalue weighted by Gasteiger charge is -2.35. The number of amides is 4. The van der Waals surface area contributed by atoms with E-state index < -0.39 is 27.9 Å². The van der Waals surface area contributed by atoms with Crippen LogP contribution >= 0.6 is 15.9 Å². The number of carbonyl (C=O) groups excluding carboxylic acids is 3. The molecule has 0 N–H and O–H groups in total. The fourth-order valence-electron chi connectivity index (χ4n) is 3.18. The van der Waals surface area contributed by atoms with Crippen molar-refractivity contribution in [1.82, 2.24) is 19.0 Å². The minimum absolute atomic E-state index is 0.0195. The summed E-state index contributed by atoms with van der Waals surface area (Å²) in [6, 6.07) is 5.90. The molecule has 2 saturated heterocycles. The van der Waals surface area contributed by atoms with Crippen LogP contribution in [0, 0.1) is 0 Å². The van der Waals surface area contributed by atoms with Crippen molar-refractivity contribution in [3.63, 3.8) is 0 Å². The van der Waals surface area contributed by atoms with Gasteiger partial charge in [0.2, 0.25) is 10.0 Å². The van der Waals surface area contributed by atoms with Crippen LogP contribution in [0.15, 0.2) is 33.6 Å². The van der Waals surface area contributed by atoms with Crippen molar-refractivity contribution < 1.29 is 22.8 Å². The number of urea groups is 1. The Labute approximate surface area is 172 Å². The second-order valence-corrected chi connectivity index (χ2v) is 9.45. The van der Waals surface area contributed by atoms with Crippen molar-refractivity contribution in [2.24, 2.45) is 0 Å². The van der Waals surface area contributed by atoms with Gasteiger partial charge in [-0.25, -0.2) is 18.1 Å². The predicted octanol–water partition coefficient (Wildman–Crippen LogP) is 0.914. The smallest absolute Gasteiger partial charge is 0.283 e. The van der Waals surface area contributed by atoms with Gasteiger partial charge in [0.15, 0.2) is 0 Å². The first kappa shape index (κ1) is 20.9. The first-order valence-electron chi connectivity index (χ1n) is 8.91. The summed E-state index contributed by atoms with van der Waals surface area (Å²) in [6.45, 7) is 3.18. The number of rotatable bonds is 6. The lowest BCUT2D eigenvalue weighted by atomic mass is 10.4. The number of hydrogen-bond acceptors (Lipinski definition) is 6. The van der Waals surface area contributed by atoms with E-state index in [1.165, 1.54) is 4.31 Å². The second-order valence-electron chi connectivity index (χ2n) is 6.59. The molecule has 11 heteroatoms. The summed E-state index contributed by atoms with van der Waals surface area (Å²) in [5.74, 6) is -1.63. The molecule has 0 atom stereocenters. The molecule has 2 fully saturated rings. The molecular weight excluding hydrogens is 452 g/mol. The lowest BCUT2D eigenvalue weighted by molar-refractivity contribution is -0.144. The number of imide groups is 2. The van der Waals surface area contributed by atoms with Gasteiger partial charge in [0.05, 0.1) is 11.6 Å². The highest BCUT2D eigenvalue weighted by Gasteiger charge is 2.44. The Kier molecular flexibility index (Phi) is 6.18. The van der Waals surface area contributed by atoms with Crippen LogP contribution in [0.3, 0.4) is 0 Å². The van der Waals surface area contributed by atoms with Gasteiger partial charge in [-0.05, 0) is 24.6 Å². The van der Waals surface area contributed by atoms with E-state index >= 15 is 0 Å². The van der Waals surface area contributed by atoms with Crippen LogP contribution in [0.5, 0.6) is 0 Å². The minimum atomic E-state index is -3.61. The molecule has 0 saturated carbocycles. The third kappa shape index (κ3) is 3.97. The van der Waals surface area contributed by atoms with Gasteiger partial charge in [0.25, 0.3) is 0 Å². The van der Waals surface area contributed by atoms with Gasteiger partial charge < -0.3 is 0 Å². The molecule has 0 radical (unpaired) electrons. The van der Waals surface area contributed by atoms with E-state index in [4.69, 9.17) is 0 Å². The van der Waals surface area contributed by atoms with Gasteiger partial charge in [0, 0.05) is 37.2 Å². The molecular formula is C17H21BrN4O5S. The molecule has 2 aliphatic rings. The van der Waals surface area contributed by atoms with Crippen LogP contribution in [0.2, 0.25) is 0 Å². The summed E-state index contributed by atoms with van der Waals surface area (Å²) in [5, 5.41) is 0. The van der Waals surface area contributed by atoms with E-state index in [9.17, 15) is 22.8 Å². The van der Waals surface area contributed by atoms with Crippen molar-refractivity contribution >= 4 is 43.8 Å². The molecule has 1 aromatic carbocycles. The monoisotopic (exact) mass is 472 g/mol. The number of benzene rings is 1. The molecule has 0 aliphatic carbocycles. The maximum absolute atomic E-state index is 12.8. The SMILES string of the molecule is CCCN1C(=O)C(=O)N(CN2CCN(S(=O)(=O)c3cccc(Br)c3)CC2)C1=O. The first-order valence-corrected chi connectivity index (χ1v) is 11.1. The Hall–Kier alpha value is -1.82. The van der Waals surface area contributed by atoms with Crippen LogP contribution < -0.4 is 0 Å². The van der Waals surface area contributed by atoms with Gasteiger partial charge in [-0.15, -0.1) is 0 Å². The predicted molar refractivity (Wildman–Crippen MR) is 104 cm³/mol. The van der Waals surface area contributed by atoms with E-state index in [0.717, 1.165) is 9.80 Å². The van der Waals surface area contributed by atoms with E-state index in [1.807, 2.05) is 6.92 Å². The summed E-state index contributed by atoms with van der Waals surface area (Å²) in [7, 11) is -3.61. The minimum Gasteiger partial charge on any atom is -0.283 e. The molecule has 28 heavy (non-hydrogen) atoms. The van der Waals surface area contributed by atoms with Crippen LogP contribution in [0.25, 0.3) is 0 Å². The number of hydrogen-bond donors (Lipinski definition) is 0. The van der Waals surface area contributed by atoms with Crippen molar-refractivity contribution in [2.75, 3.05) is 39.4 Å². The van der Waals surface area contributed by atoms with Crippen molar-refractivity contribution in [2.45, 2.75) is 18.2 Å². The fraction of sp³-hybridized carbons (Fsp3) is 0.471. The van der Waals surface area contributed by atoms with Crippen molar-refractivity contribution in [1.29, 1.82) is 0 Å². The average molecular weight is 473 g/mol. The van der Waals surface area contributed by atoms with Crippen LogP contribution in [0.4, 0.5) is 4.79 Å². The first-order chi connectivity index (χ1) is 13.3. The summed E-state index contributed by atoms with van der Waals surface area (Å²) in [5.41, 5.74) is 0. The Morgan fingerprint density at radius 1 is 1.00 bits per heavy atom. The molecule has 9 nitrogen and oxygen atoms in total. The van der Waals surface area contributed by atoms with E-state index in [1.54, 1.807) is 29.2 Å². The maximum Gasteiger partial charge on any atom is 0.335 e. The van der Waals surface area contributed by atoms with Gasteiger partial charge in [-0.1, -0.05) is 28.9 Å². The van der Waals surface area contributed by atoms with Gasteiger partial charge in [-0.2, -0.15) is 4.31 Å². The van der Waals surface area contributed by atoms with E-state index in [-0.39, 0.29) is 31.2 Å². The van der Waals surface area contributed by atoms with E-state index in [2.05, 4.69) is 15.9 Å². The van der Waals surface area contributed by atoms with Crippen LogP contribution in [0.1, 0.15) is 13.3 Å². The largest absolute Gasteiger partial charge is 0.335 e. The Balaban J connectivity index is 1.62. The number of sulfonamides is 1. The number of halogens is 1. The Morgan fingerprint density at radius 3 is 2.25 bits per heavy atom. The second kappa shape index (κ2) is 8.27. The molecule has 0 spiro atoms. The van der Waals surface area contributed by atoms with Crippen LogP contribution in [-0.4, -0.2) is 84.7 Å². The number of carbonyl (C=O) groups is 3. The zero-order valence-electron chi connectivity index (χ0n) is 15.4. The van der Waals surface area contributed by atoms with Crippen LogP contribution in [-0.2, 0) is 19.6 Å². The van der Waals surface area contributed by atoms with Crippen molar-refractivity contribution in [3.05, 3.63) is 28.7 Å². The lowest BCUT2D eigenvalue weighted by Crippen LogP contribution is -2.52. The summed E-state index contributed by atoms with van der Waals surface area (Å²) >= 11 is 3.28. The highest BCUT2D eigenvalue weighted by molar-refractivity contribution is 9.10. The normalized spacial score (nSPS) is 19.7. The topological polar surface area (TPSA) is 98.3 Å². The van der Waals surface area contributed by atoms with Crippen molar-refractivity contribution in [3.8, 4) is 0 Å². The molecule has 4 amide bonds. The fourth-order valence-corrected chi connectivity index (χ4v) is 5.20. The third-order valence-electron chi connectivity index (χ3n) is 4.69. The van der Waals surface area contributed by atoms with Gasteiger partial charge in [0.1, 0.15) is 0 Å². The zero-order chi connectivity index (χ0) is 20.5. The Morgan fingerprint density at radius 2 is 1.64 bits per heavy atom. The van der Waals surface area contributed by atoms with Gasteiger partial charge in [-0.3, -0.25) is 19.4 Å². The molecule has 0 bridgehead atoms. The number of nitrogens with zero attached hydrogens (tertiary/aromatic N) is 4. The average Bonchev–Trinajstić information content (AvgIpc) is 2.87. The quantitative estimate of drug-likeness (QED) is 0.450. The Bertz CT molecular complexity index is 899. The zero-order valence-corrected chi connectivity index (χ0v) is 17.8. The standard InChI is InChI=1S/C17H21BrN4O5S/c1-2-6-21-15(23)16(24)22(17(21)25)12-19-7-9-20(10-8-19)28(26,27)14-5-3-4-13(18)11-14/h3-5,11H,2,6-10,12H2,1H3. The highest BCUT2D eigenvalue weighted by atomic mass is 79.9. The van der Waals surface area contributed by atoms with E-state index in [0.29, 0.717) is 24.0 Å². The molecule has 152 valence electrons. The molecule has 2 heterocycles. The molecule has 2 aliphatic heterocycles. The third-order valence-corrected chi connectivity index (χ3v) is 7.08. The molecule has 1 aromatic rings. The molecule has 3 rings (SSSR count). The maximum atomic E-state index is 12.8. The number of piperazine rings is 1. The van der Waals surface area contributed by atoms with Gasteiger partial charge >= 0.3 is 17.8 Å². The summed E-state index contributed by atoms with van der Waals surface area (Å²) < 4.78 is 27.6.